The third kappa shape index (κ3) is 3.62. The number of primary sulfonamides is 1. The number of nitrogens with zero attached hydrogens (tertiary/aromatic N) is 2. The van der Waals surface area contributed by atoms with Crippen LogP contribution in [-0.2, 0) is 20.2 Å². The smallest absolute Gasteiger partial charge is 0.233 e. The van der Waals surface area contributed by atoms with Gasteiger partial charge in [0.15, 0.2) is 0 Å². The predicted octanol–water partition coefficient (Wildman–Crippen LogP) is 1.42. The number of hydrogen-bond donors (Lipinski definition) is 1. The summed E-state index contributed by atoms with van der Waals surface area (Å²) >= 11 is 0. The van der Waals surface area contributed by atoms with Gasteiger partial charge in [-0.05, 0) is 43.2 Å². The van der Waals surface area contributed by atoms with Crippen molar-refractivity contribution in [1.29, 1.82) is 0 Å². The molecule has 0 radical (unpaired) electrons. The lowest BCUT2D eigenvalue weighted by Crippen LogP contribution is -2.50. The third-order valence-corrected chi connectivity index (χ3v) is 6.29. The fourth-order valence-corrected chi connectivity index (χ4v) is 5.20. The average molecular weight is 351 g/mol. The lowest BCUT2D eigenvalue weighted by Gasteiger charge is -2.39. The number of piperidine rings is 1. The minimum absolute atomic E-state index is 0.0450. The summed E-state index contributed by atoms with van der Waals surface area (Å²) in [6.45, 7) is 1.18. The van der Waals surface area contributed by atoms with Crippen molar-refractivity contribution in [3.8, 4) is 0 Å². The van der Waals surface area contributed by atoms with Crippen LogP contribution in [0.3, 0.4) is 0 Å². The molecular formula is C17H25N3O3S. The van der Waals surface area contributed by atoms with Crippen LogP contribution >= 0.6 is 0 Å². The van der Waals surface area contributed by atoms with Crippen molar-refractivity contribution in [2.75, 3.05) is 18.8 Å². The molecule has 0 spiro atoms. The summed E-state index contributed by atoms with van der Waals surface area (Å²) in [4.78, 5) is 19.4. The van der Waals surface area contributed by atoms with Crippen LogP contribution in [0.15, 0.2) is 24.5 Å². The number of carbonyl (C=O) groups is 1. The van der Waals surface area contributed by atoms with Crippen molar-refractivity contribution in [2.45, 2.75) is 43.9 Å². The largest absolute Gasteiger partial charge is 0.342 e. The summed E-state index contributed by atoms with van der Waals surface area (Å²) in [5.41, 5.74) is 0.499. The fourth-order valence-electron chi connectivity index (χ4n) is 4.27. The van der Waals surface area contributed by atoms with Crippen LogP contribution < -0.4 is 5.14 Å². The van der Waals surface area contributed by atoms with E-state index in [1.165, 1.54) is 0 Å². The van der Waals surface area contributed by atoms with E-state index in [2.05, 4.69) is 4.98 Å². The Morgan fingerprint density at radius 2 is 2.08 bits per heavy atom. The monoisotopic (exact) mass is 351 g/mol. The van der Waals surface area contributed by atoms with E-state index in [1.807, 2.05) is 17.0 Å². The zero-order valence-corrected chi connectivity index (χ0v) is 14.7. The third-order valence-electron chi connectivity index (χ3n) is 5.35. The fraction of sp³-hybridized carbons (Fsp3) is 0.647. The van der Waals surface area contributed by atoms with Crippen LogP contribution in [0.5, 0.6) is 0 Å². The summed E-state index contributed by atoms with van der Waals surface area (Å²) in [6.07, 6.45) is 8.91. The van der Waals surface area contributed by atoms with Crippen LogP contribution in [0.2, 0.25) is 0 Å². The molecule has 2 aliphatic rings. The molecule has 2 N–H and O–H groups in total. The van der Waals surface area contributed by atoms with Crippen LogP contribution in [0.25, 0.3) is 0 Å². The minimum Gasteiger partial charge on any atom is -0.342 e. The summed E-state index contributed by atoms with van der Waals surface area (Å²) in [7, 11) is -3.51. The first-order valence-corrected chi connectivity index (χ1v) is 10.3. The van der Waals surface area contributed by atoms with Crippen LogP contribution in [0.1, 0.15) is 44.1 Å². The highest BCUT2D eigenvalue weighted by Crippen LogP contribution is 2.43. The maximum atomic E-state index is 13.4. The number of nitrogens with two attached hydrogens (primary N) is 1. The summed E-state index contributed by atoms with van der Waals surface area (Å²) in [5, 5.41) is 5.19. The maximum Gasteiger partial charge on any atom is 0.233 e. The van der Waals surface area contributed by atoms with Crippen molar-refractivity contribution in [3.63, 3.8) is 0 Å². The van der Waals surface area contributed by atoms with Gasteiger partial charge in [-0.25, -0.2) is 13.6 Å². The van der Waals surface area contributed by atoms with Crippen molar-refractivity contribution in [2.24, 2.45) is 11.1 Å². The lowest BCUT2D eigenvalue weighted by atomic mass is 9.77. The summed E-state index contributed by atoms with van der Waals surface area (Å²) in [5.74, 6) is 0.0219. The van der Waals surface area contributed by atoms with E-state index >= 15 is 0 Å². The van der Waals surface area contributed by atoms with Crippen molar-refractivity contribution >= 4 is 15.9 Å². The standard InChI is InChI=1S/C17H25N3O3S/c18-24(22,23)13-14-5-4-10-20(12-14)16(21)17(7-1-2-8-17)15-6-3-9-19-11-15/h3,6,9,11,14H,1-2,4-5,7-8,10,12-13H2,(H2,18,22,23). The number of hydrogen-bond acceptors (Lipinski definition) is 4. The Hall–Kier alpha value is -1.47. The molecule has 1 saturated carbocycles. The second-order valence-corrected chi connectivity index (χ2v) is 8.78. The zero-order chi connectivity index (χ0) is 17.2. The van der Waals surface area contributed by atoms with Crippen molar-refractivity contribution in [1.82, 2.24) is 9.88 Å². The Bertz CT molecular complexity index is 684. The van der Waals surface area contributed by atoms with Crippen LogP contribution in [0.4, 0.5) is 0 Å². The molecule has 2 fully saturated rings. The van der Waals surface area contributed by atoms with Gasteiger partial charge < -0.3 is 4.90 Å². The van der Waals surface area contributed by atoms with Gasteiger partial charge in [0.1, 0.15) is 0 Å². The molecule has 1 aromatic heterocycles. The molecule has 1 saturated heterocycles. The van der Waals surface area contributed by atoms with E-state index in [1.54, 1.807) is 12.4 Å². The van der Waals surface area contributed by atoms with Gasteiger partial charge in [0.2, 0.25) is 15.9 Å². The maximum absolute atomic E-state index is 13.4. The first-order valence-electron chi connectivity index (χ1n) is 8.61. The topological polar surface area (TPSA) is 93.4 Å². The molecule has 3 rings (SSSR count). The Morgan fingerprint density at radius 1 is 1.33 bits per heavy atom. The highest BCUT2D eigenvalue weighted by atomic mass is 32.2. The number of pyridine rings is 1. The van der Waals surface area contributed by atoms with Gasteiger partial charge in [-0.2, -0.15) is 0 Å². The molecule has 6 nitrogen and oxygen atoms in total. The lowest BCUT2D eigenvalue weighted by molar-refractivity contribution is -0.139. The number of carbonyl (C=O) groups excluding carboxylic acids is 1. The van der Waals surface area contributed by atoms with E-state index in [0.717, 1.165) is 44.1 Å². The highest BCUT2D eigenvalue weighted by molar-refractivity contribution is 7.89. The molecule has 7 heteroatoms. The van der Waals surface area contributed by atoms with E-state index in [4.69, 9.17) is 5.14 Å². The number of likely N-dealkylation sites (tertiary alicyclic amines) is 1. The van der Waals surface area contributed by atoms with Gasteiger partial charge in [0, 0.05) is 25.5 Å². The number of rotatable bonds is 4. The number of amides is 1. The van der Waals surface area contributed by atoms with E-state index < -0.39 is 15.4 Å². The average Bonchev–Trinajstić information content (AvgIpc) is 3.04. The molecule has 132 valence electrons. The number of aromatic nitrogens is 1. The van der Waals surface area contributed by atoms with Crippen LogP contribution in [0, 0.1) is 5.92 Å². The minimum atomic E-state index is -3.51. The first kappa shape index (κ1) is 17.4. The van der Waals surface area contributed by atoms with Gasteiger partial charge >= 0.3 is 0 Å². The Kier molecular flexibility index (Phi) is 4.92. The summed E-state index contributed by atoms with van der Waals surface area (Å²) in [6, 6.07) is 3.87. The molecule has 24 heavy (non-hydrogen) atoms. The number of sulfonamides is 1. The molecule has 0 aromatic carbocycles. The second-order valence-electron chi connectivity index (χ2n) is 7.12. The molecule has 1 unspecified atom stereocenters. The molecule has 1 amide bonds. The Morgan fingerprint density at radius 3 is 2.71 bits per heavy atom. The van der Waals surface area contributed by atoms with Crippen molar-refractivity contribution < 1.29 is 13.2 Å². The molecule has 1 atom stereocenters. The molecule has 1 aromatic rings. The van der Waals surface area contributed by atoms with E-state index in [-0.39, 0.29) is 17.6 Å². The predicted molar refractivity (Wildman–Crippen MR) is 91.7 cm³/mol. The molecule has 2 heterocycles. The van der Waals surface area contributed by atoms with Crippen LogP contribution in [-0.4, -0.2) is 43.1 Å². The normalized spacial score (nSPS) is 24.0. The van der Waals surface area contributed by atoms with Gasteiger partial charge in [-0.1, -0.05) is 18.9 Å². The van der Waals surface area contributed by atoms with E-state index in [9.17, 15) is 13.2 Å². The van der Waals surface area contributed by atoms with Gasteiger partial charge in [0.25, 0.3) is 0 Å². The van der Waals surface area contributed by atoms with Crippen molar-refractivity contribution in [3.05, 3.63) is 30.1 Å². The van der Waals surface area contributed by atoms with E-state index in [0.29, 0.717) is 13.1 Å². The highest BCUT2D eigenvalue weighted by Gasteiger charge is 2.45. The van der Waals surface area contributed by atoms with Gasteiger partial charge in [0.05, 0.1) is 11.2 Å². The molecule has 0 bridgehead atoms. The SMILES string of the molecule is NS(=O)(=O)CC1CCCN(C(=O)C2(c3cccnc3)CCCC2)C1. The van der Waals surface area contributed by atoms with Gasteiger partial charge in [-0.3, -0.25) is 9.78 Å². The second kappa shape index (κ2) is 6.80. The quantitative estimate of drug-likeness (QED) is 0.888. The molecule has 1 aliphatic carbocycles. The molecular weight excluding hydrogens is 326 g/mol. The Balaban J connectivity index is 1.81. The molecule has 1 aliphatic heterocycles. The van der Waals surface area contributed by atoms with Gasteiger partial charge in [-0.15, -0.1) is 0 Å². The summed E-state index contributed by atoms with van der Waals surface area (Å²) < 4.78 is 22.8. The Labute approximate surface area is 143 Å². The zero-order valence-electron chi connectivity index (χ0n) is 13.9. The first-order chi connectivity index (χ1) is 11.4.